The highest BCUT2D eigenvalue weighted by Crippen LogP contribution is 2.15. The lowest BCUT2D eigenvalue weighted by Gasteiger charge is -2.15. The number of hydrogen-bond donors (Lipinski definition) is 0. The Morgan fingerprint density at radius 3 is 2.92 bits per heavy atom. The van der Waals surface area contributed by atoms with Crippen LogP contribution in [0.5, 0.6) is 0 Å². The van der Waals surface area contributed by atoms with Crippen molar-refractivity contribution in [3.05, 3.63) is 0 Å². The number of rotatable bonds is 2. The maximum Gasteiger partial charge on any atom is 0.150 e. The van der Waals surface area contributed by atoms with Crippen LogP contribution in [-0.4, -0.2) is 30.1 Å². The van der Waals surface area contributed by atoms with Crippen molar-refractivity contribution in [3.63, 3.8) is 0 Å². The molecule has 0 bridgehead atoms. The summed E-state index contributed by atoms with van der Waals surface area (Å²) in [4.78, 5) is 4.27. The predicted octanol–water partition coefficient (Wildman–Crippen LogP) is 1.89. The first-order valence-electron chi connectivity index (χ1n) is 4.60. The fraction of sp³-hybridized carbons (Fsp3) is 0.778. The van der Waals surface area contributed by atoms with Crippen LogP contribution in [0.4, 0.5) is 0 Å². The largest absolute Gasteiger partial charge is 0.295 e. The first-order chi connectivity index (χ1) is 5.77. The van der Waals surface area contributed by atoms with Gasteiger partial charge in [0.05, 0.1) is 6.04 Å². The van der Waals surface area contributed by atoms with E-state index in [4.69, 9.17) is 0 Å². The summed E-state index contributed by atoms with van der Waals surface area (Å²) < 4.78 is 0. The van der Waals surface area contributed by atoms with Gasteiger partial charge >= 0.3 is 0 Å². The summed E-state index contributed by atoms with van der Waals surface area (Å²) in [7, 11) is 2.02. The molecule has 0 aromatic heterocycles. The quantitative estimate of drug-likeness (QED) is 0.577. The van der Waals surface area contributed by atoms with Gasteiger partial charge in [-0.15, -0.1) is 0 Å². The van der Waals surface area contributed by atoms with Gasteiger partial charge in [-0.05, 0) is 12.8 Å². The zero-order valence-electron chi connectivity index (χ0n) is 8.12. The number of aliphatic imine (C=N–C) groups is 1. The lowest BCUT2D eigenvalue weighted by Crippen LogP contribution is -2.20. The average Bonchev–Trinajstić information content (AvgIpc) is 2.43. The topological polar surface area (TPSA) is 28.0 Å². The lowest BCUT2D eigenvalue weighted by atomic mass is 10.1. The van der Waals surface area contributed by atoms with Crippen LogP contribution < -0.4 is 0 Å². The Kier molecular flexibility index (Phi) is 3.26. The van der Waals surface area contributed by atoms with E-state index in [0.717, 1.165) is 25.1 Å². The Morgan fingerprint density at radius 2 is 2.42 bits per heavy atom. The van der Waals surface area contributed by atoms with Crippen molar-refractivity contribution in [1.29, 1.82) is 0 Å². The summed E-state index contributed by atoms with van der Waals surface area (Å²) in [6.07, 6.45) is 5.05. The number of amidine groups is 1. The first-order valence-corrected chi connectivity index (χ1v) is 4.60. The van der Waals surface area contributed by atoms with E-state index in [1.54, 1.807) is 0 Å². The third-order valence-electron chi connectivity index (χ3n) is 2.11. The zero-order valence-corrected chi connectivity index (χ0v) is 8.12. The zero-order chi connectivity index (χ0) is 8.97. The minimum absolute atomic E-state index is 0.564. The number of nitrogens with zero attached hydrogens (tertiary/aromatic N) is 3. The summed E-state index contributed by atoms with van der Waals surface area (Å²) in [6.45, 7) is 4.27. The molecule has 1 heterocycles. The smallest absolute Gasteiger partial charge is 0.150 e. The first kappa shape index (κ1) is 9.23. The Bertz CT molecular complexity index is 196. The minimum atomic E-state index is 0.564. The maximum absolute atomic E-state index is 4.33. The molecule has 68 valence electrons. The van der Waals surface area contributed by atoms with E-state index < -0.39 is 0 Å². The minimum Gasteiger partial charge on any atom is -0.295 e. The van der Waals surface area contributed by atoms with Gasteiger partial charge in [0.1, 0.15) is 5.84 Å². The van der Waals surface area contributed by atoms with Crippen LogP contribution in [0.15, 0.2) is 10.1 Å². The third-order valence-corrected chi connectivity index (χ3v) is 2.11. The summed E-state index contributed by atoms with van der Waals surface area (Å²) in [6, 6.07) is 0.564. The van der Waals surface area contributed by atoms with Crippen molar-refractivity contribution in [2.24, 2.45) is 10.1 Å². The van der Waals surface area contributed by atoms with Crippen molar-refractivity contribution in [3.8, 4) is 0 Å². The highest BCUT2D eigenvalue weighted by molar-refractivity contribution is 5.90. The molecule has 0 saturated heterocycles. The van der Waals surface area contributed by atoms with Crippen molar-refractivity contribution in [2.45, 2.75) is 39.2 Å². The lowest BCUT2D eigenvalue weighted by molar-refractivity contribution is 0.278. The van der Waals surface area contributed by atoms with Crippen LogP contribution in [0.1, 0.15) is 33.1 Å². The van der Waals surface area contributed by atoms with Gasteiger partial charge in [-0.25, -0.2) is 4.99 Å². The molecule has 0 amide bonds. The molecule has 0 aliphatic carbocycles. The second kappa shape index (κ2) is 4.24. The summed E-state index contributed by atoms with van der Waals surface area (Å²) in [5.41, 5.74) is 0. The normalized spacial score (nSPS) is 23.8. The van der Waals surface area contributed by atoms with Gasteiger partial charge in [0, 0.05) is 19.7 Å². The molecule has 0 aromatic carbocycles. The van der Waals surface area contributed by atoms with Gasteiger partial charge in [-0.2, -0.15) is 5.10 Å². The van der Waals surface area contributed by atoms with E-state index in [1.807, 2.05) is 18.3 Å². The van der Waals surface area contributed by atoms with Gasteiger partial charge in [0.25, 0.3) is 0 Å². The van der Waals surface area contributed by atoms with E-state index >= 15 is 0 Å². The molecule has 3 nitrogen and oxygen atoms in total. The molecule has 0 saturated carbocycles. The molecule has 0 spiro atoms. The fourth-order valence-corrected chi connectivity index (χ4v) is 1.33. The van der Waals surface area contributed by atoms with Crippen LogP contribution in [-0.2, 0) is 0 Å². The van der Waals surface area contributed by atoms with Gasteiger partial charge in [-0.1, -0.05) is 13.8 Å². The summed E-state index contributed by atoms with van der Waals surface area (Å²) in [5, 5.41) is 6.35. The second-order valence-corrected chi connectivity index (χ2v) is 3.08. The van der Waals surface area contributed by atoms with Crippen molar-refractivity contribution in [2.75, 3.05) is 7.05 Å². The van der Waals surface area contributed by atoms with Crippen molar-refractivity contribution < 1.29 is 0 Å². The van der Waals surface area contributed by atoms with Crippen LogP contribution in [0.3, 0.4) is 0 Å². The van der Waals surface area contributed by atoms with Crippen molar-refractivity contribution in [1.82, 2.24) is 5.01 Å². The van der Waals surface area contributed by atoms with Crippen molar-refractivity contribution >= 4 is 12.1 Å². The molecule has 0 fully saturated rings. The highest BCUT2D eigenvalue weighted by Gasteiger charge is 2.20. The average molecular weight is 167 g/mol. The van der Waals surface area contributed by atoms with E-state index in [0.29, 0.717) is 6.04 Å². The predicted molar refractivity (Wildman–Crippen MR) is 52.7 cm³/mol. The van der Waals surface area contributed by atoms with Crippen LogP contribution >= 0.6 is 0 Å². The van der Waals surface area contributed by atoms with E-state index in [-0.39, 0.29) is 0 Å². The number of hydrogen-bond acceptors (Lipinski definition) is 3. The van der Waals surface area contributed by atoms with Crippen LogP contribution in [0.2, 0.25) is 0 Å². The standard InChI is InChI=1S/C9H17N3/c1-4-6-10-9-7-8(5-2)12(3)11-9/h6,8H,4-5,7H2,1-3H3. The molecule has 1 aliphatic heterocycles. The van der Waals surface area contributed by atoms with E-state index in [2.05, 4.69) is 23.9 Å². The third kappa shape index (κ3) is 2.06. The summed E-state index contributed by atoms with van der Waals surface area (Å²) >= 11 is 0. The molecule has 12 heavy (non-hydrogen) atoms. The molecule has 0 aromatic rings. The highest BCUT2D eigenvalue weighted by atomic mass is 15.5. The van der Waals surface area contributed by atoms with Gasteiger partial charge < -0.3 is 0 Å². The molecule has 1 unspecified atom stereocenters. The van der Waals surface area contributed by atoms with Gasteiger partial charge in [0.15, 0.2) is 0 Å². The van der Waals surface area contributed by atoms with Gasteiger partial charge in [0.2, 0.25) is 0 Å². The number of hydrazone groups is 1. The molecular weight excluding hydrogens is 150 g/mol. The Balaban J connectivity index is 2.49. The van der Waals surface area contributed by atoms with Gasteiger partial charge in [-0.3, -0.25) is 5.01 Å². The monoisotopic (exact) mass is 167 g/mol. The molecule has 1 rings (SSSR count). The second-order valence-electron chi connectivity index (χ2n) is 3.08. The van der Waals surface area contributed by atoms with E-state index in [9.17, 15) is 0 Å². The Labute approximate surface area is 74.2 Å². The molecule has 3 heteroatoms. The molecule has 1 aliphatic rings. The Morgan fingerprint density at radius 1 is 1.67 bits per heavy atom. The fourth-order valence-electron chi connectivity index (χ4n) is 1.33. The Hall–Kier alpha value is -0.860. The summed E-state index contributed by atoms with van der Waals surface area (Å²) in [5.74, 6) is 0.978. The SMILES string of the molecule is CCC=NC1=NN(C)C(CC)C1. The molecule has 0 N–H and O–H groups in total. The molecule has 0 radical (unpaired) electrons. The van der Waals surface area contributed by atoms with E-state index in [1.165, 1.54) is 0 Å². The molecular formula is C9H17N3. The maximum atomic E-state index is 4.33. The van der Waals surface area contributed by atoms with Crippen LogP contribution in [0.25, 0.3) is 0 Å². The molecule has 1 atom stereocenters. The van der Waals surface area contributed by atoms with Crippen LogP contribution in [0, 0.1) is 0 Å².